The van der Waals surface area contributed by atoms with E-state index < -0.39 is 11.0 Å². The van der Waals surface area contributed by atoms with Gasteiger partial charge in [0.1, 0.15) is 0 Å². The van der Waals surface area contributed by atoms with Crippen molar-refractivity contribution >= 4 is 23.1 Å². The fourth-order valence-corrected chi connectivity index (χ4v) is 2.10. The molecule has 6 heteroatoms. The number of para-hydroxylation sites is 1. The van der Waals surface area contributed by atoms with Gasteiger partial charge in [0.25, 0.3) is 5.69 Å². The Morgan fingerprint density at radius 1 is 1.19 bits per heavy atom. The van der Waals surface area contributed by atoms with Crippen molar-refractivity contribution in [2.75, 3.05) is 0 Å². The predicted octanol–water partition coefficient (Wildman–Crippen LogP) is 3.55. The highest BCUT2D eigenvalue weighted by Crippen LogP contribution is 2.27. The number of carbonyl (C=O) groups is 1. The number of halogens is 1. The van der Waals surface area contributed by atoms with Gasteiger partial charge in [0, 0.05) is 23.1 Å². The summed E-state index contributed by atoms with van der Waals surface area (Å²) in [6, 6.07) is 12.1. The van der Waals surface area contributed by atoms with Crippen molar-refractivity contribution in [3.05, 3.63) is 74.8 Å². The van der Waals surface area contributed by atoms with Gasteiger partial charge in [-0.15, -0.1) is 0 Å². The average molecular weight is 306 g/mol. The first-order valence-electron chi connectivity index (χ1n) is 6.19. The van der Waals surface area contributed by atoms with Crippen LogP contribution in [-0.4, -0.2) is 15.8 Å². The third-order valence-electron chi connectivity index (χ3n) is 3.04. The zero-order valence-electron chi connectivity index (χ0n) is 10.9. The van der Waals surface area contributed by atoms with Crippen LogP contribution in [0, 0.1) is 10.1 Å². The second-order valence-corrected chi connectivity index (χ2v) is 4.90. The molecular formula is C15H12ClNO4. The molecule has 1 unspecified atom stereocenters. The Hall–Kier alpha value is -2.24. The minimum atomic E-state index is -1.23. The molecule has 5 nitrogen and oxygen atoms in total. The van der Waals surface area contributed by atoms with E-state index in [1.165, 1.54) is 18.2 Å². The highest BCUT2D eigenvalue weighted by atomic mass is 35.5. The second kappa shape index (κ2) is 6.47. The molecule has 0 saturated carbocycles. The minimum absolute atomic E-state index is 0.129. The van der Waals surface area contributed by atoms with E-state index in [0.717, 1.165) is 0 Å². The summed E-state index contributed by atoms with van der Waals surface area (Å²) < 4.78 is 0. The number of rotatable bonds is 5. The Balaban J connectivity index is 2.18. The van der Waals surface area contributed by atoms with Gasteiger partial charge < -0.3 is 5.11 Å². The van der Waals surface area contributed by atoms with Crippen molar-refractivity contribution in [3.8, 4) is 0 Å². The van der Waals surface area contributed by atoms with Gasteiger partial charge in [-0.2, -0.15) is 0 Å². The lowest BCUT2D eigenvalue weighted by molar-refractivity contribution is -0.386. The number of Topliss-reactive ketones (excluding diaryl/α,β-unsaturated/α-hetero) is 1. The summed E-state index contributed by atoms with van der Waals surface area (Å²) in [4.78, 5) is 22.4. The van der Waals surface area contributed by atoms with Gasteiger partial charge in [0.15, 0.2) is 5.78 Å². The van der Waals surface area contributed by atoms with Crippen molar-refractivity contribution < 1.29 is 14.8 Å². The number of carbonyl (C=O) groups excluding carboxylic acids is 1. The van der Waals surface area contributed by atoms with Crippen LogP contribution in [0.4, 0.5) is 5.69 Å². The number of nitrogens with zero attached hydrogens (tertiary/aromatic N) is 1. The second-order valence-electron chi connectivity index (χ2n) is 4.47. The standard InChI is InChI=1S/C15H12ClNO4/c16-11-7-5-10(6-8-11)14(18)9-15(19)12-3-1-2-4-13(12)17(20)21/h1-8,15,19H,9H2. The summed E-state index contributed by atoms with van der Waals surface area (Å²) in [5.41, 5.74) is 0.329. The summed E-state index contributed by atoms with van der Waals surface area (Å²) >= 11 is 5.74. The van der Waals surface area contributed by atoms with E-state index >= 15 is 0 Å². The highest BCUT2D eigenvalue weighted by molar-refractivity contribution is 6.30. The molecule has 1 N–H and O–H groups in total. The zero-order chi connectivity index (χ0) is 15.4. The van der Waals surface area contributed by atoms with E-state index in [2.05, 4.69) is 0 Å². The van der Waals surface area contributed by atoms with Gasteiger partial charge in [0.05, 0.1) is 16.6 Å². The molecule has 2 aromatic rings. The third kappa shape index (κ3) is 3.65. The van der Waals surface area contributed by atoms with Crippen molar-refractivity contribution in [1.29, 1.82) is 0 Å². The molecule has 0 amide bonds. The quantitative estimate of drug-likeness (QED) is 0.520. The Morgan fingerprint density at radius 3 is 2.43 bits per heavy atom. The van der Waals surface area contributed by atoms with Crippen LogP contribution in [0.3, 0.4) is 0 Å². The van der Waals surface area contributed by atoms with Crippen LogP contribution in [0.5, 0.6) is 0 Å². The molecule has 0 bridgehead atoms. The summed E-state index contributed by atoms with van der Waals surface area (Å²) in [5, 5.41) is 21.5. The van der Waals surface area contributed by atoms with Gasteiger partial charge >= 0.3 is 0 Å². The van der Waals surface area contributed by atoms with E-state index in [1.54, 1.807) is 30.3 Å². The molecule has 21 heavy (non-hydrogen) atoms. The molecule has 0 heterocycles. The largest absolute Gasteiger partial charge is 0.388 e. The minimum Gasteiger partial charge on any atom is -0.388 e. The van der Waals surface area contributed by atoms with Crippen LogP contribution < -0.4 is 0 Å². The van der Waals surface area contributed by atoms with E-state index in [-0.39, 0.29) is 23.5 Å². The highest BCUT2D eigenvalue weighted by Gasteiger charge is 2.22. The number of nitro groups is 1. The van der Waals surface area contributed by atoms with Gasteiger partial charge in [0.2, 0.25) is 0 Å². The average Bonchev–Trinajstić information content (AvgIpc) is 2.47. The van der Waals surface area contributed by atoms with E-state index in [0.29, 0.717) is 10.6 Å². The molecule has 0 spiro atoms. The summed E-state index contributed by atoms with van der Waals surface area (Å²) in [5.74, 6) is -0.308. The predicted molar refractivity (Wildman–Crippen MR) is 78.5 cm³/mol. The third-order valence-corrected chi connectivity index (χ3v) is 3.29. The van der Waals surface area contributed by atoms with Gasteiger partial charge in [-0.1, -0.05) is 23.7 Å². The van der Waals surface area contributed by atoms with Crippen molar-refractivity contribution in [1.82, 2.24) is 0 Å². The fraction of sp³-hybridized carbons (Fsp3) is 0.133. The van der Waals surface area contributed by atoms with Crippen LogP contribution in [0.15, 0.2) is 48.5 Å². The summed E-state index contributed by atoms with van der Waals surface area (Å²) in [6.07, 6.45) is -1.46. The van der Waals surface area contributed by atoms with Crippen LogP contribution >= 0.6 is 11.6 Å². The van der Waals surface area contributed by atoms with Crippen LogP contribution in [0.2, 0.25) is 5.02 Å². The van der Waals surface area contributed by atoms with Gasteiger partial charge in [-0.25, -0.2) is 0 Å². The number of ketones is 1. The maximum absolute atomic E-state index is 12.0. The summed E-state index contributed by atoms with van der Waals surface area (Å²) in [7, 11) is 0. The first-order valence-corrected chi connectivity index (χ1v) is 6.57. The molecule has 2 aromatic carbocycles. The number of aliphatic hydroxyl groups excluding tert-OH is 1. The maximum atomic E-state index is 12.0. The molecule has 0 saturated heterocycles. The topological polar surface area (TPSA) is 80.4 Å². The van der Waals surface area contributed by atoms with E-state index in [9.17, 15) is 20.0 Å². The van der Waals surface area contributed by atoms with Crippen LogP contribution in [-0.2, 0) is 0 Å². The molecule has 0 aliphatic carbocycles. The number of hydrogen-bond donors (Lipinski definition) is 1. The summed E-state index contributed by atoms with van der Waals surface area (Å²) in [6.45, 7) is 0. The Bertz CT molecular complexity index is 670. The smallest absolute Gasteiger partial charge is 0.275 e. The molecule has 0 radical (unpaired) electrons. The Morgan fingerprint density at radius 2 is 1.81 bits per heavy atom. The maximum Gasteiger partial charge on any atom is 0.275 e. The molecule has 1 atom stereocenters. The molecule has 2 rings (SSSR count). The molecule has 0 aliphatic heterocycles. The van der Waals surface area contributed by atoms with Gasteiger partial charge in [-0.05, 0) is 30.3 Å². The Labute approximate surface area is 125 Å². The fourth-order valence-electron chi connectivity index (χ4n) is 1.97. The van der Waals surface area contributed by atoms with Gasteiger partial charge in [-0.3, -0.25) is 14.9 Å². The Kier molecular flexibility index (Phi) is 4.67. The molecule has 0 aliphatic rings. The van der Waals surface area contributed by atoms with E-state index in [1.807, 2.05) is 0 Å². The SMILES string of the molecule is O=C(CC(O)c1ccccc1[N+](=O)[O-])c1ccc(Cl)cc1. The lowest BCUT2D eigenvalue weighted by atomic mass is 9.99. The normalized spacial score (nSPS) is 11.9. The number of benzene rings is 2. The zero-order valence-corrected chi connectivity index (χ0v) is 11.7. The lowest BCUT2D eigenvalue weighted by Gasteiger charge is -2.10. The lowest BCUT2D eigenvalue weighted by Crippen LogP contribution is -2.09. The van der Waals surface area contributed by atoms with Crippen molar-refractivity contribution in [2.45, 2.75) is 12.5 Å². The number of aliphatic hydroxyl groups is 1. The number of nitro benzene ring substituents is 1. The van der Waals surface area contributed by atoms with Crippen molar-refractivity contribution in [2.24, 2.45) is 0 Å². The molecule has 108 valence electrons. The number of hydrogen-bond acceptors (Lipinski definition) is 4. The first-order chi connectivity index (χ1) is 9.99. The molecular weight excluding hydrogens is 294 g/mol. The van der Waals surface area contributed by atoms with Crippen LogP contribution in [0.25, 0.3) is 0 Å². The van der Waals surface area contributed by atoms with Crippen LogP contribution in [0.1, 0.15) is 28.4 Å². The molecule has 0 aromatic heterocycles. The first kappa shape index (κ1) is 15.2. The van der Waals surface area contributed by atoms with Crippen molar-refractivity contribution in [3.63, 3.8) is 0 Å². The molecule has 0 fully saturated rings. The van der Waals surface area contributed by atoms with E-state index in [4.69, 9.17) is 11.6 Å². The monoisotopic (exact) mass is 305 g/mol.